The minimum Gasteiger partial charge on any atom is -0.325 e. The molecule has 2 amide bonds. The maximum atomic E-state index is 13.3. The number of aliphatic imine (C=N–C) groups is 1. The van der Waals surface area contributed by atoms with Crippen LogP contribution in [0.15, 0.2) is 64.3 Å². The number of fused-ring (bicyclic) bond motifs is 2. The van der Waals surface area contributed by atoms with Crippen molar-refractivity contribution in [3.63, 3.8) is 0 Å². The molecule has 5 rings (SSSR count). The van der Waals surface area contributed by atoms with Crippen LogP contribution in [0.2, 0.25) is 5.02 Å². The van der Waals surface area contributed by atoms with Gasteiger partial charge >= 0.3 is 0 Å². The second-order valence-electron chi connectivity index (χ2n) is 8.39. The van der Waals surface area contributed by atoms with Crippen molar-refractivity contribution in [2.45, 2.75) is 50.4 Å². The lowest BCUT2D eigenvalue weighted by atomic mass is 9.78. The molecule has 148 valence electrons. The van der Waals surface area contributed by atoms with Crippen LogP contribution in [0.25, 0.3) is 0 Å². The van der Waals surface area contributed by atoms with Crippen LogP contribution >= 0.6 is 11.6 Å². The lowest BCUT2D eigenvalue weighted by Crippen LogP contribution is -2.36. The topological polar surface area (TPSA) is 58.5 Å². The number of carbonyl (C=O) groups is 2. The first kappa shape index (κ1) is 18.6. The van der Waals surface area contributed by atoms with Crippen LogP contribution in [0.5, 0.6) is 0 Å². The molecule has 1 aromatic rings. The summed E-state index contributed by atoms with van der Waals surface area (Å²) in [4.78, 5) is 30.2. The number of carbonyl (C=O) groups excluding carboxylic acids is 2. The monoisotopic (exact) mass is 406 g/mol. The molecule has 1 aliphatic heterocycles. The molecule has 1 heterocycles. The smallest absolute Gasteiger partial charge is 0.256 e. The molecule has 1 fully saturated rings. The molecule has 1 N–H and O–H groups in total. The fraction of sp³-hybridized carbons (Fsp3) is 0.375. The van der Waals surface area contributed by atoms with Crippen molar-refractivity contribution in [3.05, 3.63) is 69.9 Å². The number of benzene rings is 1. The molecule has 4 nitrogen and oxygen atoms in total. The molecule has 1 aromatic carbocycles. The van der Waals surface area contributed by atoms with Crippen LogP contribution in [0.1, 0.15) is 50.5 Å². The highest BCUT2D eigenvalue weighted by atomic mass is 35.5. The summed E-state index contributed by atoms with van der Waals surface area (Å²) in [6.45, 7) is 0. The van der Waals surface area contributed by atoms with E-state index in [0.717, 1.165) is 61.8 Å². The normalized spacial score (nSPS) is 26.2. The fourth-order valence-electron chi connectivity index (χ4n) is 5.26. The van der Waals surface area contributed by atoms with Gasteiger partial charge in [-0.05, 0) is 67.5 Å². The minimum absolute atomic E-state index is 0.00871. The molecule has 1 unspecified atom stereocenters. The molecule has 0 bridgehead atoms. The molecule has 0 spiro atoms. The van der Waals surface area contributed by atoms with E-state index in [4.69, 9.17) is 11.6 Å². The SMILES string of the molecule is O=C1NC2=CC(=NC(=O)C3(c4ccc(Cl)cc4)CCCC3)C=CC2C2=C1CCC2. The Kier molecular flexibility index (Phi) is 4.54. The zero-order valence-electron chi connectivity index (χ0n) is 16.2. The number of hydrogen-bond donors (Lipinski definition) is 1. The van der Waals surface area contributed by atoms with E-state index in [1.807, 2.05) is 36.4 Å². The Bertz CT molecular complexity index is 1010. The first-order valence-electron chi connectivity index (χ1n) is 10.4. The maximum Gasteiger partial charge on any atom is 0.256 e. The van der Waals surface area contributed by atoms with E-state index < -0.39 is 5.41 Å². The Balaban J connectivity index is 1.46. The second-order valence-corrected chi connectivity index (χ2v) is 8.82. The molecule has 1 atom stereocenters. The third-order valence-electron chi connectivity index (χ3n) is 6.76. The predicted molar refractivity (Wildman–Crippen MR) is 114 cm³/mol. The average molecular weight is 407 g/mol. The van der Waals surface area contributed by atoms with Gasteiger partial charge in [0.15, 0.2) is 0 Å². The van der Waals surface area contributed by atoms with E-state index in [9.17, 15) is 9.59 Å². The molecular weight excluding hydrogens is 384 g/mol. The first-order chi connectivity index (χ1) is 14.1. The van der Waals surface area contributed by atoms with Crippen molar-refractivity contribution in [3.8, 4) is 0 Å². The maximum absolute atomic E-state index is 13.3. The summed E-state index contributed by atoms with van der Waals surface area (Å²) < 4.78 is 0. The summed E-state index contributed by atoms with van der Waals surface area (Å²) in [5.74, 6) is 0.0283. The Labute approximate surface area is 175 Å². The van der Waals surface area contributed by atoms with E-state index >= 15 is 0 Å². The van der Waals surface area contributed by atoms with E-state index in [-0.39, 0.29) is 17.7 Å². The quantitative estimate of drug-likeness (QED) is 0.766. The van der Waals surface area contributed by atoms with Gasteiger partial charge in [-0.15, -0.1) is 0 Å². The van der Waals surface area contributed by atoms with Crippen molar-refractivity contribution >= 4 is 29.1 Å². The van der Waals surface area contributed by atoms with Gasteiger partial charge in [-0.1, -0.05) is 42.7 Å². The Morgan fingerprint density at radius 1 is 1.10 bits per heavy atom. The molecule has 3 aliphatic carbocycles. The Morgan fingerprint density at radius 2 is 1.86 bits per heavy atom. The summed E-state index contributed by atoms with van der Waals surface area (Å²) in [6, 6.07) is 7.59. The van der Waals surface area contributed by atoms with Gasteiger partial charge in [0.1, 0.15) is 0 Å². The van der Waals surface area contributed by atoms with Gasteiger partial charge < -0.3 is 5.32 Å². The molecule has 5 heteroatoms. The van der Waals surface area contributed by atoms with Gasteiger partial charge in [0, 0.05) is 22.2 Å². The molecule has 1 saturated carbocycles. The van der Waals surface area contributed by atoms with E-state index in [1.165, 1.54) is 5.57 Å². The number of hydrogen-bond acceptors (Lipinski definition) is 2. The number of allylic oxidation sites excluding steroid dienone is 3. The molecule has 4 aliphatic rings. The largest absolute Gasteiger partial charge is 0.325 e. The van der Waals surface area contributed by atoms with Crippen LogP contribution in [-0.4, -0.2) is 17.5 Å². The summed E-state index contributed by atoms with van der Waals surface area (Å²) >= 11 is 6.05. The molecule has 0 saturated heterocycles. The summed E-state index contributed by atoms with van der Waals surface area (Å²) in [5.41, 5.74) is 4.06. The van der Waals surface area contributed by atoms with Crippen LogP contribution in [0, 0.1) is 5.92 Å². The summed E-state index contributed by atoms with van der Waals surface area (Å²) in [6.07, 6.45) is 12.4. The lowest BCUT2D eigenvalue weighted by Gasteiger charge is -2.29. The van der Waals surface area contributed by atoms with E-state index in [2.05, 4.69) is 16.4 Å². The average Bonchev–Trinajstić information content (AvgIpc) is 3.39. The van der Waals surface area contributed by atoms with Crippen LogP contribution in [-0.2, 0) is 15.0 Å². The van der Waals surface area contributed by atoms with E-state index in [1.54, 1.807) is 0 Å². The predicted octanol–water partition coefficient (Wildman–Crippen LogP) is 4.80. The number of rotatable bonds is 2. The third-order valence-corrected chi connectivity index (χ3v) is 7.01. The molecular formula is C24H23ClN2O2. The number of amides is 2. The highest BCUT2D eigenvalue weighted by Crippen LogP contribution is 2.43. The second kappa shape index (κ2) is 7.10. The molecule has 0 aromatic heterocycles. The van der Waals surface area contributed by atoms with Gasteiger partial charge in [0.05, 0.1) is 11.1 Å². The highest BCUT2D eigenvalue weighted by molar-refractivity contribution is 6.30. The van der Waals surface area contributed by atoms with Crippen molar-refractivity contribution in [1.29, 1.82) is 0 Å². The van der Waals surface area contributed by atoms with Crippen molar-refractivity contribution < 1.29 is 9.59 Å². The van der Waals surface area contributed by atoms with Crippen LogP contribution in [0.3, 0.4) is 0 Å². The zero-order valence-corrected chi connectivity index (χ0v) is 17.0. The van der Waals surface area contributed by atoms with Crippen molar-refractivity contribution in [1.82, 2.24) is 5.32 Å². The van der Waals surface area contributed by atoms with Gasteiger partial charge in [-0.25, -0.2) is 4.99 Å². The van der Waals surface area contributed by atoms with Gasteiger partial charge in [0.25, 0.3) is 11.8 Å². The highest BCUT2D eigenvalue weighted by Gasteiger charge is 2.43. The van der Waals surface area contributed by atoms with E-state index in [0.29, 0.717) is 10.7 Å². The molecule has 0 radical (unpaired) electrons. The van der Waals surface area contributed by atoms with Gasteiger partial charge in [-0.3, -0.25) is 9.59 Å². The van der Waals surface area contributed by atoms with Crippen molar-refractivity contribution in [2.24, 2.45) is 10.9 Å². The zero-order chi connectivity index (χ0) is 20.0. The van der Waals surface area contributed by atoms with Crippen molar-refractivity contribution in [2.75, 3.05) is 0 Å². The first-order valence-corrected chi connectivity index (χ1v) is 10.8. The molecule has 29 heavy (non-hydrogen) atoms. The number of halogens is 1. The lowest BCUT2D eigenvalue weighted by molar-refractivity contribution is -0.123. The standard InChI is InChI=1S/C24H23ClN2O2/c25-16-8-6-15(7-9-16)24(12-1-2-13-24)23(29)26-17-10-11-19-18-4-3-5-20(18)22(28)27-21(19)14-17/h6-11,14,19H,1-5,12-13H2,(H,27,28). The number of nitrogens with zero attached hydrogens (tertiary/aromatic N) is 1. The van der Waals surface area contributed by atoms with Gasteiger partial charge in [-0.2, -0.15) is 0 Å². The summed E-state index contributed by atoms with van der Waals surface area (Å²) in [7, 11) is 0. The number of nitrogens with one attached hydrogen (secondary N) is 1. The Hall–Kier alpha value is -2.46. The van der Waals surface area contributed by atoms with Crippen LogP contribution in [0.4, 0.5) is 0 Å². The third kappa shape index (κ3) is 3.10. The fourth-order valence-corrected chi connectivity index (χ4v) is 5.38. The Morgan fingerprint density at radius 3 is 2.62 bits per heavy atom. The van der Waals surface area contributed by atoms with Gasteiger partial charge in [0.2, 0.25) is 0 Å². The minimum atomic E-state index is -0.572. The summed E-state index contributed by atoms with van der Waals surface area (Å²) in [5, 5.41) is 3.68. The van der Waals surface area contributed by atoms with Crippen LogP contribution < -0.4 is 5.32 Å².